The molecular weight excluding hydrogens is 243 g/mol. The zero-order valence-electron chi connectivity index (χ0n) is 11.1. The smallest absolute Gasteiger partial charge is 0.138 e. The van der Waals surface area contributed by atoms with E-state index < -0.39 is 0 Å². The molecule has 1 aromatic carbocycles. The minimum absolute atomic E-state index is 0.201. The molecule has 0 saturated carbocycles. The summed E-state index contributed by atoms with van der Waals surface area (Å²) in [5.74, 6) is 0.608. The van der Waals surface area contributed by atoms with Crippen LogP contribution in [0.3, 0.4) is 0 Å². The van der Waals surface area contributed by atoms with Crippen LogP contribution >= 0.6 is 0 Å². The van der Waals surface area contributed by atoms with Crippen molar-refractivity contribution in [3.05, 3.63) is 47.8 Å². The lowest BCUT2D eigenvalue weighted by Gasteiger charge is -2.18. The molecule has 2 rings (SSSR count). The lowest BCUT2D eigenvalue weighted by molar-refractivity contribution is 0.473. The Labute approximate surface area is 112 Å². The van der Waals surface area contributed by atoms with Gasteiger partial charge in [0.25, 0.3) is 0 Å². The van der Waals surface area contributed by atoms with Crippen LogP contribution in [0, 0.1) is 5.82 Å². The van der Waals surface area contributed by atoms with Crippen molar-refractivity contribution in [2.45, 2.75) is 38.8 Å². The van der Waals surface area contributed by atoms with Gasteiger partial charge >= 0.3 is 0 Å². The molecule has 1 aromatic heterocycles. The van der Waals surface area contributed by atoms with Crippen molar-refractivity contribution in [3.8, 4) is 0 Å². The van der Waals surface area contributed by atoms with Gasteiger partial charge in [-0.15, -0.1) is 0 Å². The van der Waals surface area contributed by atoms with Crippen LogP contribution in [-0.2, 0) is 6.54 Å². The number of nitrogens with one attached hydrogen (secondary N) is 2. The van der Waals surface area contributed by atoms with Crippen LogP contribution in [0.1, 0.15) is 43.6 Å². The summed E-state index contributed by atoms with van der Waals surface area (Å²) < 4.78 is 13.0. The maximum atomic E-state index is 13.0. The van der Waals surface area contributed by atoms with Crippen molar-refractivity contribution < 1.29 is 4.39 Å². The van der Waals surface area contributed by atoms with E-state index in [0.717, 1.165) is 30.7 Å². The molecule has 0 amide bonds. The summed E-state index contributed by atoms with van der Waals surface area (Å²) in [6, 6.07) is 6.90. The normalized spacial score (nSPS) is 12.5. The SMILES string of the molecule is CCCCC(NCc1ncn[nH]1)c1ccc(F)cc1. The molecule has 1 atom stereocenters. The fourth-order valence-electron chi connectivity index (χ4n) is 2.03. The lowest BCUT2D eigenvalue weighted by atomic mass is 10.0. The number of hydrogen-bond donors (Lipinski definition) is 2. The highest BCUT2D eigenvalue weighted by Gasteiger charge is 2.11. The molecule has 0 bridgehead atoms. The third-order valence-corrected chi connectivity index (χ3v) is 3.10. The molecule has 1 heterocycles. The van der Waals surface area contributed by atoms with Gasteiger partial charge in [0.05, 0.1) is 6.54 Å². The van der Waals surface area contributed by atoms with Gasteiger partial charge in [-0.2, -0.15) is 5.10 Å². The Kier molecular flexibility index (Phi) is 5.03. The van der Waals surface area contributed by atoms with Gasteiger partial charge < -0.3 is 5.32 Å². The van der Waals surface area contributed by atoms with Crippen molar-refractivity contribution in [1.82, 2.24) is 20.5 Å². The van der Waals surface area contributed by atoms with Crippen molar-refractivity contribution in [2.75, 3.05) is 0 Å². The average molecular weight is 262 g/mol. The molecular formula is C14H19FN4. The number of nitrogens with zero attached hydrogens (tertiary/aromatic N) is 2. The van der Waals surface area contributed by atoms with Gasteiger partial charge in [-0.25, -0.2) is 9.37 Å². The first kappa shape index (κ1) is 13.7. The first-order valence-electron chi connectivity index (χ1n) is 6.62. The van der Waals surface area contributed by atoms with Gasteiger partial charge in [0.1, 0.15) is 18.0 Å². The van der Waals surface area contributed by atoms with Crippen LogP contribution < -0.4 is 5.32 Å². The highest BCUT2D eigenvalue weighted by atomic mass is 19.1. The van der Waals surface area contributed by atoms with Gasteiger partial charge in [-0.05, 0) is 24.1 Å². The molecule has 0 fully saturated rings. The van der Waals surface area contributed by atoms with Crippen LogP contribution in [0.4, 0.5) is 4.39 Å². The Bertz CT molecular complexity index is 467. The quantitative estimate of drug-likeness (QED) is 0.806. The second-order valence-corrected chi connectivity index (χ2v) is 4.56. The molecule has 0 radical (unpaired) electrons. The fourth-order valence-corrected chi connectivity index (χ4v) is 2.03. The summed E-state index contributed by atoms with van der Waals surface area (Å²) in [5, 5.41) is 10.1. The van der Waals surface area contributed by atoms with Gasteiger partial charge in [0.15, 0.2) is 0 Å². The summed E-state index contributed by atoms with van der Waals surface area (Å²) in [4.78, 5) is 4.09. The summed E-state index contributed by atoms with van der Waals surface area (Å²) in [6.07, 6.45) is 4.79. The number of aromatic amines is 1. The number of unbranched alkanes of at least 4 members (excludes halogenated alkanes) is 1. The molecule has 0 aliphatic carbocycles. The number of halogens is 1. The Morgan fingerprint density at radius 1 is 1.32 bits per heavy atom. The predicted molar refractivity (Wildman–Crippen MR) is 71.9 cm³/mol. The van der Waals surface area contributed by atoms with E-state index in [1.807, 2.05) is 12.1 Å². The van der Waals surface area contributed by atoms with Crippen molar-refractivity contribution >= 4 is 0 Å². The molecule has 4 nitrogen and oxygen atoms in total. The van der Waals surface area contributed by atoms with E-state index in [9.17, 15) is 4.39 Å². The number of rotatable bonds is 7. The monoisotopic (exact) mass is 262 g/mol. The molecule has 5 heteroatoms. The third kappa shape index (κ3) is 4.13. The van der Waals surface area contributed by atoms with Crippen molar-refractivity contribution in [3.63, 3.8) is 0 Å². The minimum Gasteiger partial charge on any atom is -0.303 e. The number of benzene rings is 1. The standard InChI is InChI=1S/C14H19FN4/c1-2-3-4-13(11-5-7-12(15)8-6-11)16-9-14-17-10-18-19-14/h5-8,10,13,16H,2-4,9H2,1H3,(H,17,18,19). The highest BCUT2D eigenvalue weighted by Crippen LogP contribution is 2.20. The molecule has 0 spiro atoms. The van der Waals surface area contributed by atoms with E-state index in [1.54, 1.807) is 0 Å². The van der Waals surface area contributed by atoms with E-state index in [1.165, 1.54) is 18.5 Å². The predicted octanol–water partition coefficient (Wildman–Crippen LogP) is 2.96. The third-order valence-electron chi connectivity index (χ3n) is 3.10. The molecule has 102 valence electrons. The van der Waals surface area contributed by atoms with Crippen LogP contribution in [0.2, 0.25) is 0 Å². The number of hydrogen-bond acceptors (Lipinski definition) is 3. The Morgan fingerprint density at radius 3 is 2.74 bits per heavy atom. The maximum Gasteiger partial charge on any atom is 0.138 e. The number of H-pyrrole nitrogens is 1. The molecule has 0 saturated heterocycles. The molecule has 2 N–H and O–H groups in total. The summed E-state index contributed by atoms with van der Waals surface area (Å²) >= 11 is 0. The minimum atomic E-state index is -0.201. The zero-order valence-corrected chi connectivity index (χ0v) is 11.1. The molecule has 19 heavy (non-hydrogen) atoms. The van der Waals surface area contributed by atoms with Gasteiger partial charge in [0.2, 0.25) is 0 Å². The summed E-state index contributed by atoms with van der Waals surface area (Å²) in [7, 11) is 0. The van der Waals surface area contributed by atoms with Crippen LogP contribution in [-0.4, -0.2) is 15.2 Å². The number of aromatic nitrogens is 3. The fraction of sp³-hybridized carbons (Fsp3) is 0.429. The van der Waals surface area contributed by atoms with Crippen LogP contribution in [0.25, 0.3) is 0 Å². The first-order valence-corrected chi connectivity index (χ1v) is 6.62. The van der Waals surface area contributed by atoms with E-state index in [2.05, 4.69) is 27.4 Å². The summed E-state index contributed by atoms with van der Waals surface area (Å²) in [5.41, 5.74) is 1.11. The second-order valence-electron chi connectivity index (χ2n) is 4.56. The van der Waals surface area contributed by atoms with Crippen LogP contribution in [0.5, 0.6) is 0 Å². The Morgan fingerprint density at radius 2 is 2.11 bits per heavy atom. The molecule has 0 aliphatic rings. The summed E-state index contributed by atoms with van der Waals surface area (Å²) in [6.45, 7) is 2.80. The molecule has 2 aromatic rings. The van der Waals surface area contributed by atoms with E-state index in [0.29, 0.717) is 6.54 Å². The highest BCUT2D eigenvalue weighted by molar-refractivity contribution is 5.19. The molecule has 0 aliphatic heterocycles. The second kappa shape index (κ2) is 6.99. The van der Waals surface area contributed by atoms with Gasteiger partial charge in [0, 0.05) is 6.04 Å². The van der Waals surface area contributed by atoms with E-state index in [4.69, 9.17) is 0 Å². The largest absolute Gasteiger partial charge is 0.303 e. The maximum absolute atomic E-state index is 13.0. The lowest BCUT2D eigenvalue weighted by Crippen LogP contribution is -2.21. The zero-order chi connectivity index (χ0) is 13.5. The van der Waals surface area contributed by atoms with E-state index >= 15 is 0 Å². The average Bonchev–Trinajstić information content (AvgIpc) is 2.93. The van der Waals surface area contributed by atoms with Gasteiger partial charge in [-0.3, -0.25) is 5.10 Å². The first-order chi connectivity index (χ1) is 9.29. The molecule has 1 unspecified atom stereocenters. The van der Waals surface area contributed by atoms with Crippen LogP contribution in [0.15, 0.2) is 30.6 Å². The Balaban J connectivity index is 2.00. The van der Waals surface area contributed by atoms with Crippen molar-refractivity contribution in [2.24, 2.45) is 0 Å². The van der Waals surface area contributed by atoms with Gasteiger partial charge in [-0.1, -0.05) is 31.9 Å². The van der Waals surface area contributed by atoms with E-state index in [-0.39, 0.29) is 11.9 Å². The van der Waals surface area contributed by atoms with Crippen molar-refractivity contribution in [1.29, 1.82) is 0 Å². The topological polar surface area (TPSA) is 53.6 Å². The Hall–Kier alpha value is -1.75.